The fraction of sp³-hybridized carbons (Fsp3) is 0.450. The van der Waals surface area contributed by atoms with E-state index in [1.54, 1.807) is 6.92 Å². The summed E-state index contributed by atoms with van der Waals surface area (Å²) in [4.78, 5) is 22.2. The third-order valence-electron chi connectivity index (χ3n) is 4.08. The second kappa shape index (κ2) is 9.81. The molecule has 0 unspecified atom stereocenters. The van der Waals surface area contributed by atoms with Gasteiger partial charge in [-0.25, -0.2) is 9.97 Å². The first-order valence-corrected chi connectivity index (χ1v) is 8.83. The Bertz CT molecular complexity index is 611. The van der Waals surface area contributed by atoms with Gasteiger partial charge >= 0.3 is 0 Å². The van der Waals surface area contributed by atoms with Gasteiger partial charge in [0.1, 0.15) is 17.4 Å². The lowest BCUT2D eigenvalue weighted by molar-refractivity contribution is -0.117. The lowest BCUT2D eigenvalue weighted by atomic mass is 10.1. The molecule has 0 atom stereocenters. The lowest BCUT2D eigenvalue weighted by Crippen LogP contribution is -2.20. The van der Waals surface area contributed by atoms with Gasteiger partial charge in [0.25, 0.3) is 0 Å². The molecule has 0 bridgehead atoms. The monoisotopic (exact) mass is 325 g/mol. The number of unbranched alkanes of at least 4 members (excludes halogenated alkanes) is 3. The fourth-order valence-corrected chi connectivity index (χ4v) is 2.64. The van der Waals surface area contributed by atoms with Gasteiger partial charge < -0.3 is 9.69 Å². The Morgan fingerprint density at radius 2 is 1.79 bits per heavy atom. The Morgan fingerprint density at radius 3 is 2.42 bits per heavy atom. The van der Waals surface area contributed by atoms with E-state index >= 15 is 0 Å². The second-order valence-electron chi connectivity index (χ2n) is 6.08. The molecule has 0 radical (unpaired) electrons. The number of aryl methyl sites for hydroxylation is 1. The smallest absolute Gasteiger partial charge is 0.134 e. The molecular weight excluding hydrogens is 298 g/mol. The average Bonchev–Trinajstić information content (AvgIpc) is 2.62. The van der Waals surface area contributed by atoms with Crippen molar-refractivity contribution in [1.82, 2.24) is 9.97 Å². The summed E-state index contributed by atoms with van der Waals surface area (Å²) in [5.74, 6) is 2.15. The van der Waals surface area contributed by atoms with Crippen LogP contribution >= 0.6 is 0 Å². The summed E-state index contributed by atoms with van der Waals surface area (Å²) in [7, 11) is 0. The van der Waals surface area contributed by atoms with E-state index in [0.29, 0.717) is 6.42 Å². The summed E-state index contributed by atoms with van der Waals surface area (Å²) in [5, 5.41) is 0. The van der Waals surface area contributed by atoms with E-state index in [1.807, 2.05) is 30.6 Å². The number of Topliss-reactive ketones (excluding diaryl/α,β-unsaturated/α-hetero) is 1. The van der Waals surface area contributed by atoms with E-state index in [9.17, 15) is 4.79 Å². The van der Waals surface area contributed by atoms with Crippen molar-refractivity contribution in [2.24, 2.45) is 0 Å². The van der Waals surface area contributed by atoms with Gasteiger partial charge in [0.05, 0.1) is 0 Å². The van der Waals surface area contributed by atoms with Crippen LogP contribution in [0.4, 0.5) is 11.6 Å². The number of aromatic nitrogens is 2. The molecule has 2 heterocycles. The third-order valence-corrected chi connectivity index (χ3v) is 4.08. The Morgan fingerprint density at radius 1 is 1.00 bits per heavy atom. The molecule has 4 nitrogen and oxygen atoms in total. The van der Waals surface area contributed by atoms with Crippen LogP contribution in [0.25, 0.3) is 0 Å². The molecule has 2 rings (SSSR count). The zero-order valence-corrected chi connectivity index (χ0v) is 14.7. The number of carbonyl (C=O) groups is 1. The first-order valence-electron chi connectivity index (χ1n) is 8.83. The molecule has 0 aliphatic heterocycles. The van der Waals surface area contributed by atoms with Crippen molar-refractivity contribution in [3.8, 4) is 0 Å². The Kier molecular flexibility index (Phi) is 7.40. The molecule has 2 aromatic rings. The van der Waals surface area contributed by atoms with Gasteiger partial charge in [0.15, 0.2) is 0 Å². The molecule has 0 aliphatic carbocycles. The summed E-state index contributed by atoms with van der Waals surface area (Å²) >= 11 is 0. The maximum Gasteiger partial charge on any atom is 0.134 e. The van der Waals surface area contributed by atoms with Gasteiger partial charge in [0, 0.05) is 25.4 Å². The van der Waals surface area contributed by atoms with Crippen molar-refractivity contribution < 1.29 is 4.79 Å². The highest BCUT2D eigenvalue weighted by Gasteiger charge is 2.11. The SMILES string of the molecule is CCc1ccc(N(CCCCCCC(C)=O)c2ccccn2)nc1. The topological polar surface area (TPSA) is 46.1 Å². The van der Waals surface area contributed by atoms with E-state index in [4.69, 9.17) is 0 Å². The molecule has 128 valence electrons. The van der Waals surface area contributed by atoms with E-state index in [-0.39, 0.29) is 5.78 Å². The van der Waals surface area contributed by atoms with E-state index in [1.165, 1.54) is 5.56 Å². The third kappa shape index (κ3) is 5.76. The molecule has 0 fully saturated rings. The van der Waals surface area contributed by atoms with E-state index < -0.39 is 0 Å². The number of anilines is 2. The predicted octanol–water partition coefficient (Wildman–Crippen LogP) is 4.72. The molecule has 0 saturated heterocycles. The molecule has 24 heavy (non-hydrogen) atoms. The highest BCUT2D eigenvalue weighted by molar-refractivity contribution is 5.75. The van der Waals surface area contributed by atoms with Crippen molar-refractivity contribution in [2.45, 2.75) is 52.4 Å². The van der Waals surface area contributed by atoms with Crippen LogP contribution < -0.4 is 4.90 Å². The highest BCUT2D eigenvalue weighted by atomic mass is 16.1. The van der Waals surface area contributed by atoms with Crippen LogP contribution in [-0.4, -0.2) is 22.3 Å². The zero-order chi connectivity index (χ0) is 17.2. The molecule has 0 saturated carbocycles. The molecule has 0 aliphatic rings. The van der Waals surface area contributed by atoms with Gasteiger partial charge in [-0.3, -0.25) is 0 Å². The van der Waals surface area contributed by atoms with Gasteiger partial charge in [-0.1, -0.05) is 31.9 Å². The summed E-state index contributed by atoms with van der Waals surface area (Å²) < 4.78 is 0. The minimum atomic E-state index is 0.283. The Labute approximate surface area is 144 Å². The van der Waals surface area contributed by atoms with Crippen molar-refractivity contribution >= 4 is 17.4 Å². The van der Waals surface area contributed by atoms with E-state index in [0.717, 1.165) is 50.3 Å². The Balaban J connectivity index is 1.97. The largest absolute Gasteiger partial charge is 0.311 e. The second-order valence-corrected chi connectivity index (χ2v) is 6.08. The zero-order valence-electron chi connectivity index (χ0n) is 14.7. The molecule has 0 spiro atoms. The summed E-state index contributed by atoms with van der Waals surface area (Å²) in [6.45, 7) is 4.68. The van der Waals surface area contributed by atoms with Crippen LogP contribution in [0.2, 0.25) is 0 Å². The number of hydrogen-bond acceptors (Lipinski definition) is 4. The van der Waals surface area contributed by atoms with Crippen LogP contribution in [0, 0.1) is 0 Å². The predicted molar refractivity (Wildman–Crippen MR) is 98.6 cm³/mol. The summed E-state index contributed by atoms with van der Waals surface area (Å²) in [6, 6.07) is 10.2. The number of ketones is 1. The van der Waals surface area contributed by atoms with Crippen LogP contribution in [-0.2, 0) is 11.2 Å². The molecule has 2 aromatic heterocycles. The standard InChI is InChI=1S/C20H27N3O/c1-3-18-12-13-20(22-16-18)23(19-11-7-8-14-21-19)15-9-5-4-6-10-17(2)24/h7-8,11-14,16H,3-6,9-10,15H2,1-2H3. The van der Waals surface area contributed by atoms with Crippen molar-refractivity contribution in [2.75, 3.05) is 11.4 Å². The molecule has 4 heteroatoms. The number of carbonyl (C=O) groups excluding carboxylic acids is 1. The number of hydrogen-bond donors (Lipinski definition) is 0. The lowest BCUT2D eigenvalue weighted by Gasteiger charge is -2.23. The van der Waals surface area contributed by atoms with Gasteiger partial charge in [-0.2, -0.15) is 0 Å². The average molecular weight is 325 g/mol. The molecule has 0 aromatic carbocycles. The number of nitrogens with zero attached hydrogens (tertiary/aromatic N) is 3. The minimum absolute atomic E-state index is 0.283. The maximum atomic E-state index is 11.0. The Hall–Kier alpha value is -2.23. The quantitative estimate of drug-likeness (QED) is 0.593. The summed E-state index contributed by atoms with van der Waals surface area (Å²) in [6.07, 6.45) is 9.71. The number of rotatable bonds is 10. The van der Waals surface area contributed by atoms with Gasteiger partial charge in [0.2, 0.25) is 0 Å². The molecule has 0 N–H and O–H groups in total. The summed E-state index contributed by atoms with van der Waals surface area (Å²) in [5.41, 5.74) is 1.24. The van der Waals surface area contributed by atoms with Crippen molar-refractivity contribution in [1.29, 1.82) is 0 Å². The van der Waals surface area contributed by atoms with Crippen LogP contribution in [0.5, 0.6) is 0 Å². The van der Waals surface area contributed by atoms with Crippen LogP contribution in [0.15, 0.2) is 42.7 Å². The van der Waals surface area contributed by atoms with E-state index in [2.05, 4.69) is 33.9 Å². The fourth-order valence-electron chi connectivity index (χ4n) is 2.64. The van der Waals surface area contributed by atoms with Crippen LogP contribution in [0.1, 0.15) is 51.5 Å². The molecule has 0 amide bonds. The maximum absolute atomic E-state index is 11.0. The minimum Gasteiger partial charge on any atom is -0.311 e. The van der Waals surface area contributed by atoms with Crippen molar-refractivity contribution in [3.63, 3.8) is 0 Å². The van der Waals surface area contributed by atoms with Crippen molar-refractivity contribution in [3.05, 3.63) is 48.3 Å². The number of pyridine rings is 2. The first kappa shape index (κ1) is 18.1. The molecular formula is C20H27N3O. The normalized spacial score (nSPS) is 10.6. The highest BCUT2D eigenvalue weighted by Crippen LogP contribution is 2.22. The van der Waals surface area contributed by atoms with Gasteiger partial charge in [-0.05, 0) is 49.9 Å². The first-order chi connectivity index (χ1) is 11.7. The van der Waals surface area contributed by atoms with Gasteiger partial charge in [-0.15, -0.1) is 0 Å². The van der Waals surface area contributed by atoms with Crippen LogP contribution in [0.3, 0.4) is 0 Å².